The Kier molecular flexibility index (Phi) is 6.97. The normalized spacial score (nSPS) is 34.7. The Labute approximate surface area is 131 Å². The van der Waals surface area contributed by atoms with Crippen molar-refractivity contribution >= 4 is 0 Å². The summed E-state index contributed by atoms with van der Waals surface area (Å²) in [6, 6.07) is 1.39. The quantitative estimate of drug-likeness (QED) is 0.758. The molecule has 2 aliphatic carbocycles. The minimum atomic E-state index is 0.305. The molecule has 4 atom stereocenters. The fraction of sp³-hybridized carbons (Fsp3) is 1.00. The van der Waals surface area contributed by atoms with Crippen molar-refractivity contribution in [3.63, 3.8) is 0 Å². The van der Waals surface area contributed by atoms with Gasteiger partial charge in [0.15, 0.2) is 0 Å². The number of aliphatic hydroxyl groups excluding tert-OH is 1. The molecule has 0 heterocycles. The topological polar surface area (TPSA) is 35.5 Å². The van der Waals surface area contributed by atoms with Crippen molar-refractivity contribution in [3.05, 3.63) is 0 Å². The summed E-state index contributed by atoms with van der Waals surface area (Å²) in [5, 5.41) is 13.2. The Hall–Kier alpha value is -0.120. The highest BCUT2D eigenvalue weighted by Gasteiger charge is 2.36. The minimum Gasteiger partial charge on any atom is -0.395 e. The van der Waals surface area contributed by atoms with Crippen molar-refractivity contribution in [2.75, 3.05) is 26.2 Å². The molecule has 2 fully saturated rings. The molecule has 2 saturated carbocycles. The van der Waals surface area contributed by atoms with E-state index in [1.807, 2.05) is 0 Å². The summed E-state index contributed by atoms with van der Waals surface area (Å²) in [5.74, 6) is 2.38. The lowest BCUT2D eigenvalue weighted by atomic mass is 9.72. The minimum absolute atomic E-state index is 0.305. The summed E-state index contributed by atoms with van der Waals surface area (Å²) in [5.41, 5.74) is 0. The molecule has 3 heteroatoms. The predicted octanol–water partition coefficient (Wildman–Crippen LogP) is 2.88. The molecule has 0 spiro atoms. The Balaban J connectivity index is 2.00. The third-order valence-electron chi connectivity index (χ3n) is 5.82. The summed E-state index contributed by atoms with van der Waals surface area (Å²) < 4.78 is 0. The second-order valence-electron chi connectivity index (χ2n) is 7.54. The van der Waals surface area contributed by atoms with Crippen LogP contribution >= 0.6 is 0 Å². The predicted molar refractivity (Wildman–Crippen MR) is 89.4 cm³/mol. The van der Waals surface area contributed by atoms with Crippen molar-refractivity contribution in [2.45, 2.75) is 71.4 Å². The van der Waals surface area contributed by atoms with Crippen molar-refractivity contribution < 1.29 is 5.11 Å². The molecule has 2 rings (SSSR count). The molecule has 3 nitrogen and oxygen atoms in total. The van der Waals surface area contributed by atoms with Crippen LogP contribution in [0.25, 0.3) is 0 Å². The molecule has 4 unspecified atom stereocenters. The van der Waals surface area contributed by atoms with Gasteiger partial charge in [-0.15, -0.1) is 0 Å². The monoisotopic (exact) mass is 296 g/mol. The number of hydrogen-bond acceptors (Lipinski definition) is 3. The van der Waals surface area contributed by atoms with E-state index in [1.54, 1.807) is 0 Å². The van der Waals surface area contributed by atoms with Gasteiger partial charge in [-0.25, -0.2) is 0 Å². The van der Waals surface area contributed by atoms with Crippen molar-refractivity contribution in [1.82, 2.24) is 10.2 Å². The van der Waals surface area contributed by atoms with Crippen LogP contribution in [-0.2, 0) is 0 Å². The molecule has 0 saturated heterocycles. The molecule has 2 N–H and O–H groups in total. The van der Waals surface area contributed by atoms with Crippen LogP contribution in [0.1, 0.15) is 59.3 Å². The van der Waals surface area contributed by atoms with Gasteiger partial charge in [-0.1, -0.05) is 33.6 Å². The van der Waals surface area contributed by atoms with Gasteiger partial charge in [-0.3, -0.25) is 4.90 Å². The smallest absolute Gasteiger partial charge is 0.0558 e. The van der Waals surface area contributed by atoms with Crippen LogP contribution in [0.4, 0.5) is 0 Å². The first kappa shape index (κ1) is 17.2. The zero-order chi connectivity index (χ0) is 15.2. The van der Waals surface area contributed by atoms with Gasteiger partial charge in [0.2, 0.25) is 0 Å². The van der Waals surface area contributed by atoms with Gasteiger partial charge in [0.25, 0.3) is 0 Å². The van der Waals surface area contributed by atoms with Gasteiger partial charge in [-0.05, 0) is 50.0 Å². The van der Waals surface area contributed by atoms with Gasteiger partial charge in [-0.2, -0.15) is 0 Å². The summed E-state index contributed by atoms with van der Waals surface area (Å²) in [7, 11) is 0. The van der Waals surface area contributed by atoms with Crippen LogP contribution in [0, 0.1) is 17.8 Å². The Morgan fingerprint density at radius 1 is 1.14 bits per heavy atom. The van der Waals surface area contributed by atoms with E-state index in [2.05, 4.69) is 31.0 Å². The summed E-state index contributed by atoms with van der Waals surface area (Å²) in [6.45, 7) is 10.5. The molecule has 124 valence electrons. The second-order valence-corrected chi connectivity index (χ2v) is 7.54. The lowest BCUT2D eigenvalue weighted by molar-refractivity contribution is 0.0695. The molecule has 2 aliphatic rings. The van der Waals surface area contributed by atoms with Crippen molar-refractivity contribution in [3.8, 4) is 0 Å². The third kappa shape index (κ3) is 4.67. The van der Waals surface area contributed by atoms with Crippen LogP contribution < -0.4 is 5.32 Å². The SMILES string of the molecule is CCNC1CC(C)CC(C)C1CN(CCO)C1CCCC1. The molecule has 0 aliphatic heterocycles. The highest BCUT2D eigenvalue weighted by Crippen LogP contribution is 2.35. The van der Waals surface area contributed by atoms with Gasteiger partial charge >= 0.3 is 0 Å². The molecule has 21 heavy (non-hydrogen) atoms. The van der Waals surface area contributed by atoms with Crippen LogP contribution in [-0.4, -0.2) is 48.3 Å². The Morgan fingerprint density at radius 2 is 1.86 bits per heavy atom. The van der Waals surface area contributed by atoms with E-state index < -0.39 is 0 Å². The zero-order valence-electron chi connectivity index (χ0n) is 14.4. The van der Waals surface area contributed by atoms with Crippen molar-refractivity contribution in [1.29, 1.82) is 0 Å². The number of rotatable bonds is 7. The molecular weight excluding hydrogens is 260 g/mol. The highest BCUT2D eigenvalue weighted by molar-refractivity contribution is 4.91. The van der Waals surface area contributed by atoms with Gasteiger partial charge in [0, 0.05) is 25.2 Å². The van der Waals surface area contributed by atoms with E-state index in [0.29, 0.717) is 12.6 Å². The highest BCUT2D eigenvalue weighted by atomic mass is 16.3. The Bertz CT molecular complexity index is 291. The fourth-order valence-corrected chi connectivity index (χ4v) is 4.81. The van der Waals surface area contributed by atoms with Crippen LogP contribution in [0.2, 0.25) is 0 Å². The van der Waals surface area contributed by atoms with E-state index >= 15 is 0 Å². The number of nitrogens with zero attached hydrogens (tertiary/aromatic N) is 1. The zero-order valence-corrected chi connectivity index (χ0v) is 14.4. The fourth-order valence-electron chi connectivity index (χ4n) is 4.81. The number of nitrogens with one attached hydrogen (secondary N) is 1. The van der Waals surface area contributed by atoms with Crippen LogP contribution in [0.5, 0.6) is 0 Å². The van der Waals surface area contributed by atoms with Gasteiger partial charge < -0.3 is 10.4 Å². The largest absolute Gasteiger partial charge is 0.395 e. The Morgan fingerprint density at radius 3 is 2.48 bits per heavy atom. The first-order valence-corrected chi connectivity index (χ1v) is 9.24. The number of aliphatic hydroxyl groups is 1. The first-order valence-electron chi connectivity index (χ1n) is 9.24. The molecule has 0 bridgehead atoms. The molecular formula is C18H36N2O. The average molecular weight is 296 g/mol. The maximum absolute atomic E-state index is 9.45. The summed E-state index contributed by atoms with van der Waals surface area (Å²) in [4.78, 5) is 2.61. The van der Waals surface area contributed by atoms with Gasteiger partial charge in [0.05, 0.1) is 6.61 Å². The first-order chi connectivity index (χ1) is 10.2. The maximum Gasteiger partial charge on any atom is 0.0558 e. The number of hydrogen-bond donors (Lipinski definition) is 2. The lowest BCUT2D eigenvalue weighted by Crippen LogP contribution is -2.51. The standard InChI is InChI=1S/C18H36N2O/c1-4-19-18-12-14(2)11-15(3)17(18)13-20(9-10-21)16-7-5-6-8-16/h14-19,21H,4-13H2,1-3H3. The van der Waals surface area contributed by atoms with E-state index in [4.69, 9.17) is 0 Å². The van der Waals surface area contributed by atoms with Crippen molar-refractivity contribution in [2.24, 2.45) is 17.8 Å². The van der Waals surface area contributed by atoms with E-state index in [-0.39, 0.29) is 0 Å². The molecule has 0 aromatic carbocycles. The molecule has 0 amide bonds. The summed E-state index contributed by atoms with van der Waals surface area (Å²) >= 11 is 0. The van der Waals surface area contributed by atoms with E-state index in [1.165, 1.54) is 45.1 Å². The maximum atomic E-state index is 9.45. The second kappa shape index (κ2) is 8.50. The average Bonchev–Trinajstić information content (AvgIpc) is 2.95. The van der Waals surface area contributed by atoms with E-state index in [9.17, 15) is 5.11 Å². The molecule has 0 aromatic heterocycles. The van der Waals surface area contributed by atoms with Gasteiger partial charge in [0.1, 0.15) is 0 Å². The summed E-state index contributed by atoms with van der Waals surface area (Å²) in [6.07, 6.45) is 8.11. The third-order valence-corrected chi connectivity index (χ3v) is 5.82. The molecule has 0 radical (unpaired) electrons. The van der Waals surface area contributed by atoms with E-state index in [0.717, 1.165) is 36.9 Å². The lowest BCUT2D eigenvalue weighted by Gasteiger charge is -2.43. The van der Waals surface area contributed by atoms with Crippen LogP contribution in [0.15, 0.2) is 0 Å². The van der Waals surface area contributed by atoms with Crippen LogP contribution in [0.3, 0.4) is 0 Å². The molecule has 0 aromatic rings.